The Morgan fingerprint density at radius 2 is 2.33 bits per heavy atom. The van der Waals surface area contributed by atoms with Crippen LogP contribution in [0.25, 0.3) is 0 Å². The Hall–Kier alpha value is -0.790. The van der Waals surface area contributed by atoms with E-state index in [0.29, 0.717) is 6.41 Å². The third kappa shape index (κ3) is 3.21. The highest BCUT2D eigenvalue weighted by atomic mass is 16.1. The molecule has 0 aliphatic rings. The van der Waals surface area contributed by atoms with Crippen molar-refractivity contribution in [3.05, 3.63) is 19.2 Å². The van der Waals surface area contributed by atoms with Crippen molar-refractivity contribution in [2.45, 2.75) is 0 Å². The van der Waals surface area contributed by atoms with Crippen LogP contribution in [0.4, 0.5) is 0 Å². The van der Waals surface area contributed by atoms with Crippen LogP contribution >= 0.6 is 0 Å². The van der Waals surface area contributed by atoms with Crippen molar-refractivity contribution in [1.82, 2.24) is 5.32 Å². The van der Waals surface area contributed by atoms with Crippen molar-refractivity contribution in [3.63, 3.8) is 0 Å². The average Bonchev–Trinajstić information content (AvgIpc) is 1.61. The third-order valence-electron chi connectivity index (χ3n) is 0.282. The molecule has 0 unspecified atom stereocenters. The molecule has 0 aliphatic heterocycles. The molecule has 1 radical (unpaired) electrons. The number of hydrogen-bond donors (Lipinski definition) is 1. The molecule has 2 nitrogen and oxygen atoms in total. The summed E-state index contributed by atoms with van der Waals surface area (Å²) in [4.78, 5) is 9.37. The SMILES string of the molecule is C=C[CH]NC=O. The quantitative estimate of drug-likeness (QED) is 0.381. The number of carbonyl (C=O) groups excluding carboxylic acids is 1. The van der Waals surface area contributed by atoms with Crippen LogP contribution in [0.1, 0.15) is 0 Å². The van der Waals surface area contributed by atoms with E-state index >= 15 is 0 Å². The van der Waals surface area contributed by atoms with Gasteiger partial charge in [-0.15, -0.1) is 6.58 Å². The minimum atomic E-state index is 0.585. The average molecular weight is 84.1 g/mol. The maximum absolute atomic E-state index is 9.37. The molecule has 0 aromatic heterocycles. The summed E-state index contributed by atoms with van der Waals surface area (Å²) in [5.74, 6) is 0. The van der Waals surface area contributed by atoms with Gasteiger partial charge in [0.05, 0.1) is 6.54 Å². The molecular formula is C4H6NO. The number of carbonyl (C=O) groups is 1. The van der Waals surface area contributed by atoms with Crippen LogP contribution in [0.3, 0.4) is 0 Å². The van der Waals surface area contributed by atoms with Gasteiger partial charge >= 0.3 is 0 Å². The van der Waals surface area contributed by atoms with Crippen LogP contribution in [0, 0.1) is 6.54 Å². The first-order chi connectivity index (χ1) is 2.91. The minimum Gasteiger partial charge on any atom is -0.350 e. The standard InChI is InChI=1S/C4H6NO/c1-2-3-5-4-6/h2-4H,1H2,(H,5,6). The molecule has 0 spiro atoms. The fourth-order valence-electron chi connectivity index (χ4n) is 0.107. The molecule has 1 amide bonds. The fourth-order valence-corrected chi connectivity index (χ4v) is 0.107. The Balaban J connectivity index is 2.66. The van der Waals surface area contributed by atoms with E-state index in [9.17, 15) is 4.79 Å². The molecule has 1 N–H and O–H groups in total. The van der Waals surface area contributed by atoms with E-state index in [4.69, 9.17) is 0 Å². The molecule has 0 rings (SSSR count). The van der Waals surface area contributed by atoms with Gasteiger partial charge in [0.15, 0.2) is 0 Å². The lowest BCUT2D eigenvalue weighted by Crippen LogP contribution is -2.02. The van der Waals surface area contributed by atoms with Gasteiger partial charge in [-0.2, -0.15) is 0 Å². The van der Waals surface area contributed by atoms with E-state index in [-0.39, 0.29) is 0 Å². The topological polar surface area (TPSA) is 29.1 Å². The molecule has 0 bridgehead atoms. The summed E-state index contributed by atoms with van der Waals surface area (Å²) in [6.45, 7) is 4.77. The monoisotopic (exact) mass is 84.0 g/mol. The minimum absolute atomic E-state index is 0.585. The zero-order chi connectivity index (χ0) is 4.83. The maximum atomic E-state index is 9.37. The summed E-state index contributed by atoms with van der Waals surface area (Å²) < 4.78 is 0. The van der Waals surface area contributed by atoms with E-state index in [2.05, 4.69) is 11.9 Å². The molecule has 0 aliphatic carbocycles. The van der Waals surface area contributed by atoms with Gasteiger partial charge in [-0.3, -0.25) is 4.79 Å². The van der Waals surface area contributed by atoms with Gasteiger partial charge in [-0.25, -0.2) is 0 Å². The van der Waals surface area contributed by atoms with Crippen LogP contribution in [-0.2, 0) is 4.79 Å². The van der Waals surface area contributed by atoms with E-state index in [0.717, 1.165) is 0 Å². The first-order valence-corrected chi connectivity index (χ1v) is 1.55. The van der Waals surface area contributed by atoms with Crippen LogP contribution in [-0.4, -0.2) is 6.41 Å². The van der Waals surface area contributed by atoms with Gasteiger partial charge in [0.25, 0.3) is 0 Å². The molecule has 0 aromatic carbocycles. The Bertz CT molecular complexity index is 43.5. The Morgan fingerprint density at radius 3 is 2.50 bits per heavy atom. The van der Waals surface area contributed by atoms with Gasteiger partial charge in [0.1, 0.15) is 0 Å². The van der Waals surface area contributed by atoms with Gasteiger partial charge in [-0.05, 0) is 0 Å². The van der Waals surface area contributed by atoms with Gasteiger partial charge in [0.2, 0.25) is 6.41 Å². The Labute approximate surface area is 36.9 Å². The molecule has 0 saturated heterocycles. The van der Waals surface area contributed by atoms with E-state index in [1.807, 2.05) is 0 Å². The van der Waals surface area contributed by atoms with Crippen molar-refractivity contribution >= 4 is 6.41 Å². The summed E-state index contributed by atoms with van der Waals surface area (Å²) in [5, 5.41) is 2.27. The summed E-state index contributed by atoms with van der Waals surface area (Å²) in [5.41, 5.74) is 0. The van der Waals surface area contributed by atoms with Crippen molar-refractivity contribution in [2.24, 2.45) is 0 Å². The largest absolute Gasteiger partial charge is 0.350 e. The Kier molecular flexibility index (Phi) is 3.66. The zero-order valence-corrected chi connectivity index (χ0v) is 3.35. The molecule has 0 aromatic rings. The highest BCUT2D eigenvalue weighted by molar-refractivity contribution is 5.47. The summed E-state index contributed by atoms with van der Waals surface area (Å²) in [7, 11) is 0. The zero-order valence-electron chi connectivity index (χ0n) is 3.35. The van der Waals surface area contributed by atoms with Crippen LogP contribution in [0.2, 0.25) is 0 Å². The number of amides is 1. The molecule has 6 heavy (non-hydrogen) atoms. The van der Waals surface area contributed by atoms with Crippen molar-refractivity contribution in [1.29, 1.82) is 0 Å². The Morgan fingerprint density at radius 1 is 1.67 bits per heavy atom. The van der Waals surface area contributed by atoms with Crippen LogP contribution in [0.15, 0.2) is 12.7 Å². The van der Waals surface area contributed by atoms with Crippen molar-refractivity contribution in [2.75, 3.05) is 0 Å². The molecule has 0 atom stereocenters. The third-order valence-corrected chi connectivity index (χ3v) is 0.282. The molecule has 0 heterocycles. The molecule has 0 fully saturated rings. The van der Waals surface area contributed by atoms with Crippen molar-refractivity contribution in [3.8, 4) is 0 Å². The first kappa shape index (κ1) is 5.21. The van der Waals surface area contributed by atoms with E-state index < -0.39 is 0 Å². The second-order valence-electron chi connectivity index (χ2n) is 0.687. The lowest BCUT2D eigenvalue weighted by atomic mass is 10.6. The highest BCUT2D eigenvalue weighted by Gasteiger charge is 1.65. The first-order valence-electron chi connectivity index (χ1n) is 1.55. The van der Waals surface area contributed by atoms with Crippen molar-refractivity contribution < 1.29 is 4.79 Å². The molecule has 33 valence electrons. The number of rotatable bonds is 3. The smallest absolute Gasteiger partial charge is 0.207 e. The molecule has 2 heteroatoms. The predicted molar refractivity (Wildman–Crippen MR) is 23.7 cm³/mol. The lowest BCUT2D eigenvalue weighted by Gasteiger charge is -1.80. The normalized spacial score (nSPS) is 6.67. The fraction of sp³-hybridized carbons (Fsp3) is 0. The summed E-state index contributed by atoms with van der Waals surface area (Å²) in [6.07, 6.45) is 2.08. The van der Waals surface area contributed by atoms with Gasteiger partial charge in [0, 0.05) is 0 Å². The van der Waals surface area contributed by atoms with E-state index in [1.54, 1.807) is 0 Å². The predicted octanol–water partition coefficient (Wildman–Crippen LogP) is 0.0802. The molecule has 0 saturated carbocycles. The van der Waals surface area contributed by atoms with Crippen LogP contribution < -0.4 is 5.32 Å². The van der Waals surface area contributed by atoms with Crippen LogP contribution in [0.5, 0.6) is 0 Å². The summed E-state index contributed by atoms with van der Waals surface area (Å²) >= 11 is 0. The highest BCUT2D eigenvalue weighted by Crippen LogP contribution is 1.60. The lowest BCUT2D eigenvalue weighted by molar-refractivity contribution is -0.108. The second-order valence-corrected chi connectivity index (χ2v) is 0.687. The van der Waals surface area contributed by atoms with E-state index in [1.165, 1.54) is 12.6 Å². The molecular weight excluding hydrogens is 78.0 g/mol. The maximum Gasteiger partial charge on any atom is 0.207 e. The van der Waals surface area contributed by atoms with Gasteiger partial charge < -0.3 is 5.32 Å². The number of hydrogen-bond acceptors (Lipinski definition) is 1. The number of nitrogens with one attached hydrogen (secondary N) is 1. The van der Waals surface area contributed by atoms with Gasteiger partial charge in [-0.1, -0.05) is 6.08 Å². The summed E-state index contributed by atoms with van der Waals surface area (Å²) in [6, 6.07) is 0. The second kappa shape index (κ2) is 4.21.